The van der Waals surface area contributed by atoms with Gasteiger partial charge in [-0.3, -0.25) is 0 Å². The van der Waals surface area contributed by atoms with Crippen LogP contribution < -0.4 is 5.32 Å². The SMILES string of the molecule is C/C=C\N(C=C(C)CC)CC1CNc2ccccc2C1. The summed E-state index contributed by atoms with van der Waals surface area (Å²) in [6.07, 6.45) is 8.85. The zero-order chi connectivity index (χ0) is 14.4. The Kier molecular flexibility index (Phi) is 5.28. The molecule has 2 heteroatoms. The van der Waals surface area contributed by atoms with Crippen LogP contribution in [0.5, 0.6) is 0 Å². The predicted molar refractivity (Wildman–Crippen MR) is 87.7 cm³/mol. The quantitative estimate of drug-likeness (QED) is 0.852. The number of nitrogens with zero attached hydrogens (tertiary/aromatic N) is 1. The second-order valence-corrected chi connectivity index (χ2v) is 5.62. The van der Waals surface area contributed by atoms with Crippen molar-refractivity contribution in [1.82, 2.24) is 4.90 Å². The molecule has 0 spiro atoms. The normalized spacial score (nSPS) is 18.8. The molecule has 0 aromatic heterocycles. The summed E-state index contributed by atoms with van der Waals surface area (Å²) in [6, 6.07) is 8.65. The predicted octanol–water partition coefficient (Wildman–Crippen LogP) is 4.42. The van der Waals surface area contributed by atoms with Crippen LogP contribution in [0, 0.1) is 5.92 Å². The second-order valence-electron chi connectivity index (χ2n) is 5.62. The number of rotatable bonds is 5. The zero-order valence-electron chi connectivity index (χ0n) is 12.9. The van der Waals surface area contributed by atoms with Crippen LogP contribution in [0.3, 0.4) is 0 Å². The first kappa shape index (κ1) is 14.7. The van der Waals surface area contributed by atoms with Crippen LogP contribution in [0.4, 0.5) is 5.69 Å². The Labute approximate surface area is 123 Å². The standard InChI is InChI=1S/C18H26N2/c1-4-10-20(13-15(3)5-2)14-16-11-17-8-6-7-9-18(17)19-12-16/h4,6-10,13,16,19H,5,11-12,14H2,1-3H3/b10-4-,15-13?. The largest absolute Gasteiger partial charge is 0.384 e. The highest BCUT2D eigenvalue weighted by molar-refractivity contribution is 5.53. The molecule has 1 unspecified atom stereocenters. The number of fused-ring (bicyclic) bond motifs is 1. The molecule has 0 bridgehead atoms. The highest BCUT2D eigenvalue weighted by Gasteiger charge is 2.18. The van der Waals surface area contributed by atoms with E-state index in [1.54, 1.807) is 0 Å². The van der Waals surface area contributed by atoms with Gasteiger partial charge in [0.2, 0.25) is 0 Å². The molecule has 1 aliphatic heterocycles. The van der Waals surface area contributed by atoms with E-state index in [1.165, 1.54) is 16.8 Å². The van der Waals surface area contributed by atoms with Gasteiger partial charge in [0.25, 0.3) is 0 Å². The van der Waals surface area contributed by atoms with Gasteiger partial charge in [0.15, 0.2) is 0 Å². The van der Waals surface area contributed by atoms with E-state index in [0.29, 0.717) is 5.92 Å². The lowest BCUT2D eigenvalue weighted by Crippen LogP contribution is -2.31. The molecule has 0 fully saturated rings. The summed E-state index contributed by atoms with van der Waals surface area (Å²) in [5, 5.41) is 3.56. The Balaban J connectivity index is 2.02. The number of nitrogens with one attached hydrogen (secondary N) is 1. The Bertz CT molecular complexity index is 488. The fourth-order valence-electron chi connectivity index (χ4n) is 2.66. The third-order valence-electron chi connectivity index (χ3n) is 3.86. The molecule has 2 rings (SSSR count). The van der Waals surface area contributed by atoms with Crippen molar-refractivity contribution >= 4 is 5.69 Å². The third kappa shape index (κ3) is 3.89. The smallest absolute Gasteiger partial charge is 0.0372 e. The van der Waals surface area contributed by atoms with Crippen LogP contribution in [0.15, 0.2) is 48.3 Å². The van der Waals surface area contributed by atoms with Gasteiger partial charge in [0, 0.05) is 25.0 Å². The maximum Gasteiger partial charge on any atom is 0.0372 e. The average Bonchev–Trinajstić information content (AvgIpc) is 2.47. The van der Waals surface area contributed by atoms with E-state index in [4.69, 9.17) is 0 Å². The molecule has 1 aliphatic rings. The summed E-state index contributed by atoms with van der Waals surface area (Å²) in [5.41, 5.74) is 4.18. The Morgan fingerprint density at radius 1 is 1.40 bits per heavy atom. The Hall–Kier alpha value is -1.70. The molecule has 108 valence electrons. The van der Waals surface area contributed by atoms with Gasteiger partial charge in [-0.05, 0) is 50.4 Å². The maximum atomic E-state index is 3.56. The first-order valence-corrected chi connectivity index (χ1v) is 7.60. The molecule has 0 radical (unpaired) electrons. The molecule has 20 heavy (non-hydrogen) atoms. The fourth-order valence-corrected chi connectivity index (χ4v) is 2.66. The summed E-state index contributed by atoms with van der Waals surface area (Å²) in [4.78, 5) is 2.33. The topological polar surface area (TPSA) is 15.3 Å². The lowest BCUT2D eigenvalue weighted by Gasteiger charge is -2.29. The Morgan fingerprint density at radius 2 is 2.20 bits per heavy atom. The first-order chi connectivity index (χ1) is 9.72. The van der Waals surface area contributed by atoms with Gasteiger partial charge in [-0.15, -0.1) is 0 Å². The van der Waals surface area contributed by atoms with Gasteiger partial charge < -0.3 is 10.2 Å². The molecule has 1 aromatic rings. The van der Waals surface area contributed by atoms with Gasteiger partial charge >= 0.3 is 0 Å². The highest BCUT2D eigenvalue weighted by atomic mass is 15.1. The summed E-state index contributed by atoms with van der Waals surface area (Å²) < 4.78 is 0. The lowest BCUT2D eigenvalue weighted by atomic mass is 9.93. The van der Waals surface area contributed by atoms with Crippen molar-refractivity contribution in [3.8, 4) is 0 Å². The number of benzene rings is 1. The van der Waals surface area contributed by atoms with E-state index in [1.807, 2.05) is 0 Å². The van der Waals surface area contributed by atoms with Crippen molar-refractivity contribution in [2.45, 2.75) is 33.6 Å². The minimum absolute atomic E-state index is 0.655. The Morgan fingerprint density at radius 3 is 2.95 bits per heavy atom. The summed E-state index contributed by atoms with van der Waals surface area (Å²) in [7, 11) is 0. The van der Waals surface area contributed by atoms with Gasteiger partial charge in [-0.25, -0.2) is 0 Å². The summed E-state index contributed by atoms with van der Waals surface area (Å²) >= 11 is 0. The van der Waals surface area contributed by atoms with Gasteiger partial charge in [-0.2, -0.15) is 0 Å². The molecule has 1 heterocycles. The van der Waals surface area contributed by atoms with Crippen LogP contribution in [0.25, 0.3) is 0 Å². The molecule has 2 nitrogen and oxygen atoms in total. The number of hydrogen-bond acceptors (Lipinski definition) is 2. The molecule has 1 aromatic carbocycles. The van der Waals surface area contributed by atoms with E-state index < -0.39 is 0 Å². The monoisotopic (exact) mass is 270 g/mol. The van der Waals surface area contributed by atoms with Crippen molar-refractivity contribution in [2.24, 2.45) is 5.92 Å². The number of hydrogen-bond donors (Lipinski definition) is 1. The molecule has 1 N–H and O–H groups in total. The van der Waals surface area contributed by atoms with E-state index in [9.17, 15) is 0 Å². The molecule has 0 amide bonds. The minimum Gasteiger partial charge on any atom is -0.384 e. The van der Waals surface area contributed by atoms with Crippen molar-refractivity contribution in [3.05, 3.63) is 53.9 Å². The van der Waals surface area contributed by atoms with Crippen LogP contribution in [-0.2, 0) is 6.42 Å². The van der Waals surface area contributed by atoms with Gasteiger partial charge in [0.1, 0.15) is 0 Å². The van der Waals surface area contributed by atoms with Crippen LogP contribution in [0.2, 0.25) is 0 Å². The zero-order valence-corrected chi connectivity index (χ0v) is 12.9. The fraction of sp³-hybridized carbons (Fsp3) is 0.444. The van der Waals surface area contributed by atoms with Crippen molar-refractivity contribution in [2.75, 3.05) is 18.4 Å². The molecular formula is C18H26N2. The van der Waals surface area contributed by atoms with Crippen molar-refractivity contribution in [1.29, 1.82) is 0 Å². The van der Waals surface area contributed by atoms with Gasteiger partial charge in [0.05, 0.1) is 0 Å². The van der Waals surface area contributed by atoms with E-state index in [2.05, 4.69) is 73.7 Å². The van der Waals surface area contributed by atoms with E-state index in [-0.39, 0.29) is 0 Å². The van der Waals surface area contributed by atoms with Crippen LogP contribution in [0.1, 0.15) is 32.8 Å². The van der Waals surface area contributed by atoms with Crippen LogP contribution >= 0.6 is 0 Å². The van der Waals surface area contributed by atoms with E-state index >= 15 is 0 Å². The van der Waals surface area contributed by atoms with Gasteiger partial charge in [-0.1, -0.05) is 36.8 Å². The summed E-state index contributed by atoms with van der Waals surface area (Å²) in [5.74, 6) is 0.655. The number of para-hydroxylation sites is 1. The number of anilines is 1. The first-order valence-electron chi connectivity index (χ1n) is 7.60. The third-order valence-corrected chi connectivity index (χ3v) is 3.86. The van der Waals surface area contributed by atoms with Crippen molar-refractivity contribution < 1.29 is 0 Å². The summed E-state index contributed by atoms with van der Waals surface area (Å²) in [6.45, 7) is 8.62. The molecule has 0 saturated carbocycles. The average molecular weight is 270 g/mol. The second kappa shape index (κ2) is 7.18. The van der Waals surface area contributed by atoms with Crippen LogP contribution in [-0.4, -0.2) is 18.0 Å². The van der Waals surface area contributed by atoms with E-state index in [0.717, 1.165) is 25.9 Å². The molecule has 0 aliphatic carbocycles. The highest BCUT2D eigenvalue weighted by Crippen LogP contribution is 2.25. The molecule has 1 atom stereocenters. The van der Waals surface area contributed by atoms with Crippen molar-refractivity contribution in [3.63, 3.8) is 0 Å². The molecule has 0 saturated heterocycles. The minimum atomic E-state index is 0.655. The number of allylic oxidation sites excluding steroid dienone is 2. The maximum absolute atomic E-state index is 3.56. The molecular weight excluding hydrogens is 244 g/mol. The lowest BCUT2D eigenvalue weighted by molar-refractivity contribution is 0.384.